The van der Waals surface area contributed by atoms with E-state index in [-0.39, 0.29) is 0 Å². The minimum absolute atomic E-state index is 0.804. The topological polar surface area (TPSA) is 22.1 Å². The Morgan fingerprint density at radius 2 is 1.31 bits per heavy atom. The summed E-state index contributed by atoms with van der Waals surface area (Å²) in [4.78, 5) is 4.56. The molecule has 3 rings (SSSR count). The Labute approximate surface area is 176 Å². The first-order chi connectivity index (χ1) is 14.3. The molecule has 0 fully saturated rings. The van der Waals surface area contributed by atoms with Gasteiger partial charge in [0.1, 0.15) is 5.75 Å². The average molecular weight is 388 g/mol. The monoisotopic (exact) mass is 387 g/mol. The first-order valence-corrected chi connectivity index (χ1v) is 11.0. The zero-order valence-corrected chi connectivity index (χ0v) is 17.9. The molecule has 1 heterocycles. The number of benzene rings is 2. The van der Waals surface area contributed by atoms with Gasteiger partial charge in [0.15, 0.2) is 0 Å². The largest absolute Gasteiger partial charge is 0.494 e. The summed E-state index contributed by atoms with van der Waals surface area (Å²) in [5.74, 6) is 0.958. The number of nitrogens with zero attached hydrogens (tertiary/aromatic N) is 1. The highest BCUT2D eigenvalue weighted by molar-refractivity contribution is 5.64. The van der Waals surface area contributed by atoms with Crippen LogP contribution < -0.4 is 4.74 Å². The molecule has 2 aromatic carbocycles. The maximum absolute atomic E-state index is 5.81. The van der Waals surface area contributed by atoms with E-state index in [0.29, 0.717) is 0 Å². The summed E-state index contributed by atoms with van der Waals surface area (Å²) in [6, 6.07) is 21.7. The molecule has 0 aliphatic heterocycles. The SMILES string of the molecule is CCCCCOc1ccc(-c2ccc(CCc3ccc(CCC)nc3)cc2)cc1. The summed E-state index contributed by atoms with van der Waals surface area (Å²) in [6.45, 7) is 5.21. The van der Waals surface area contributed by atoms with Crippen molar-refractivity contribution in [3.63, 3.8) is 0 Å². The fourth-order valence-corrected chi connectivity index (χ4v) is 3.45. The molecule has 0 aliphatic rings. The zero-order chi connectivity index (χ0) is 20.3. The molecule has 2 heteroatoms. The van der Waals surface area contributed by atoms with E-state index in [2.05, 4.69) is 79.5 Å². The maximum atomic E-state index is 5.81. The van der Waals surface area contributed by atoms with Crippen molar-refractivity contribution in [2.24, 2.45) is 0 Å². The van der Waals surface area contributed by atoms with E-state index in [1.165, 1.54) is 40.8 Å². The van der Waals surface area contributed by atoms with E-state index in [1.807, 2.05) is 6.20 Å². The molecule has 0 amide bonds. The van der Waals surface area contributed by atoms with Crippen molar-refractivity contribution in [3.05, 3.63) is 83.7 Å². The van der Waals surface area contributed by atoms with Crippen LogP contribution in [0, 0.1) is 0 Å². The van der Waals surface area contributed by atoms with E-state index < -0.39 is 0 Å². The van der Waals surface area contributed by atoms with Gasteiger partial charge in [-0.05, 0) is 66.1 Å². The number of hydrogen-bond donors (Lipinski definition) is 0. The second kappa shape index (κ2) is 11.4. The van der Waals surface area contributed by atoms with Crippen LogP contribution in [0.1, 0.15) is 56.4 Å². The lowest BCUT2D eigenvalue weighted by molar-refractivity contribution is 0.306. The van der Waals surface area contributed by atoms with Gasteiger partial charge in [-0.25, -0.2) is 0 Å². The van der Waals surface area contributed by atoms with Crippen LogP contribution >= 0.6 is 0 Å². The fraction of sp³-hybridized carbons (Fsp3) is 0.370. The predicted octanol–water partition coefficient (Wildman–Crippen LogP) is 7.06. The van der Waals surface area contributed by atoms with Gasteiger partial charge >= 0.3 is 0 Å². The molecule has 2 nitrogen and oxygen atoms in total. The Morgan fingerprint density at radius 1 is 0.655 bits per heavy atom. The van der Waals surface area contributed by atoms with Gasteiger partial charge in [0.25, 0.3) is 0 Å². The summed E-state index contributed by atoms with van der Waals surface area (Å²) in [5.41, 5.74) is 6.34. The van der Waals surface area contributed by atoms with E-state index in [1.54, 1.807) is 0 Å². The third kappa shape index (κ3) is 6.74. The van der Waals surface area contributed by atoms with Gasteiger partial charge in [-0.3, -0.25) is 4.98 Å². The summed E-state index contributed by atoms with van der Waals surface area (Å²) >= 11 is 0. The van der Waals surface area contributed by atoms with Gasteiger partial charge in [0, 0.05) is 11.9 Å². The summed E-state index contributed by atoms with van der Waals surface area (Å²) in [6.07, 6.45) is 9.89. The van der Waals surface area contributed by atoms with E-state index in [4.69, 9.17) is 4.74 Å². The first kappa shape index (κ1) is 21.1. The number of pyridine rings is 1. The highest BCUT2D eigenvalue weighted by Gasteiger charge is 2.02. The van der Waals surface area contributed by atoms with Crippen molar-refractivity contribution >= 4 is 0 Å². The number of aromatic nitrogens is 1. The number of aryl methyl sites for hydroxylation is 3. The number of unbranched alkanes of at least 4 members (excludes halogenated alkanes) is 2. The third-order valence-corrected chi connectivity index (χ3v) is 5.25. The minimum atomic E-state index is 0.804. The predicted molar refractivity (Wildman–Crippen MR) is 123 cm³/mol. The zero-order valence-electron chi connectivity index (χ0n) is 17.9. The van der Waals surface area contributed by atoms with Crippen LogP contribution in [0.3, 0.4) is 0 Å². The molecular formula is C27H33NO. The molecule has 29 heavy (non-hydrogen) atoms. The van der Waals surface area contributed by atoms with Crippen molar-refractivity contribution < 1.29 is 4.74 Å². The fourth-order valence-electron chi connectivity index (χ4n) is 3.45. The highest BCUT2D eigenvalue weighted by Crippen LogP contribution is 2.23. The Hall–Kier alpha value is -2.61. The molecule has 0 aliphatic carbocycles. The molecule has 0 N–H and O–H groups in total. The lowest BCUT2D eigenvalue weighted by atomic mass is 10.0. The van der Waals surface area contributed by atoms with Gasteiger partial charge in [-0.2, -0.15) is 0 Å². The van der Waals surface area contributed by atoms with Crippen LogP contribution in [0.25, 0.3) is 11.1 Å². The Kier molecular flexibility index (Phi) is 8.30. The summed E-state index contributed by atoms with van der Waals surface area (Å²) in [5, 5.41) is 0. The molecule has 1 aromatic heterocycles. The van der Waals surface area contributed by atoms with Gasteiger partial charge in [-0.15, -0.1) is 0 Å². The quantitative estimate of drug-likeness (QED) is 0.329. The molecule has 3 aromatic rings. The molecule has 0 saturated heterocycles. The second-order valence-electron chi connectivity index (χ2n) is 7.68. The lowest BCUT2D eigenvalue weighted by Crippen LogP contribution is -1.96. The molecular weight excluding hydrogens is 354 g/mol. The average Bonchev–Trinajstić information content (AvgIpc) is 2.77. The minimum Gasteiger partial charge on any atom is -0.494 e. The van der Waals surface area contributed by atoms with Gasteiger partial charge in [-0.1, -0.05) is 75.6 Å². The van der Waals surface area contributed by atoms with Crippen molar-refractivity contribution in [2.45, 2.75) is 58.8 Å². The maximum Gasteiger partial charge on any atom is 0.119 e. The Balaban J connectivity index is 1.51. The van der Waals surface area contributed by atoms with Crippen LogP contribution in [-0.4, -0.2) is 11.6 Å². The lowest BCUT2D eigenvalue weighted by Gasteiger charge is -2.08. The normalized spacial score (nSPS) is 10.8. The van der Waals surface area contributed by atoms with Crippen LogP contribution in [0.5, 0.6) is 5.75 Å². The first-order valence-electron chi connectivity index (χ1n) is 11.0. The van der Waals surface area contributed by atoms with Crippen LogP contribution in [-0.2, 0) is 19.3 Å². The Bertz CT molecular complexity index is 835. The molecule has 0 bridgehead atoms. The van der Waals surface area contributed by atoms with Gasteiger partial charge in [0.2, 0.25) is 0 Å². The third-order valence-electron chi connectivity index (χ3n) is 5.25. The van der Waals surface area contributed by atoms with Crippen LogP contribution in [0.4, 0.5) is 0 Å². The van der Waals surface area contributed by atoms with Crippen LogP contribution in [0.15, 0.2) is 66.9 Å². The number of hydrogen-bond acceptors (Lipinski definition) is 2. The molecule has 0 spiro atoms. The molecule has 0 radical (unpaired) electrons. The second-order valence-corrected chi connectivity index (χ2v) is 7.68. The van der Waals surface area contributed by atoms with Crippen LogP contribution in [0.2, 0.25) is 0 Å². The van der Waals surface area contributed by atoms with Crippen molar-refractivity contribution in [1.82, 2.24) is 4.98 Å². The molecule has 0 unspecified atom stereocenters. The highest BCUT2D eigenvalue weighted by atomic mass is 16.5. The van der Waals surface area contributed by atoms with Gasteiger partial charge < -0.3 is 4.74 Å². The Morgan fingerprint density at radius 3 is 1.93 bits per heavy atom. The smallest absolute Gasteiger partial charge is 0.119 e. The van der Waals surface area contributed by atoms with E-state index in [9.17, 15) is 0 Å². The summed E-state index contributed by atoms with van der Waals surface area (Å²) < 4.78 is 5.81. The standard InChI is InChI=1S/C27H33NO/c1-3-5-6-20-29-27-18-15-25(16-19-27)24-13-10-22(11-14-24)8-9-23-12-17-26(7-4-2)28-21-23/h10-19,21H,3-9,20H2,1-2H3. The number of ether oxygens (including phenoxy) is 1. The van der Waals surface area contributed by atoms with Crippen molar-refractivity contribution in [3.8, 4) is 16.9 Å². The summed E-state index contributed by atoms with van der Waals surface area (Å²) in [7, 11) is 0. The number of rotatable bonds is 11. The van der Waals surface area contributed by atoms with E-state index in [0.717, 1.165) is 44.5 Å². The molecule has 0 saturated carbocycles. The van der Waals surface area contributed by atoms with Crippen molar-refractivity contribution in [1.29, 1.82) is 0 Å². The van der Waals surface area contributed by atoms with E-state index >= 15 is 0 Å². The molecule has 152 valence electrons. The van der Waals surface area contributed by atoms with Crippen molar-refractivity contribution in [2.75, 3.05) is 6.61 Å². The van der Waals surface area contributed by atoms with Gasteiger partial charge in [0.05, 0.1) is 6.61 Å². The molecule has 0 atom stereocenters.